The van der Waals surface area contributed by atoms with Gasteiger partial charge in [-0.2, -0.15) is 0 Å². The second-order valence-corrected chi connectivity index (χ2v) is 9.03. The van der Waals surface area contributed by atoms with Crippen molar-refractivity contribution in [1.82, 2.24) is 9.88 Å². The summed E-state index contributed by atoms with van der Waals surface area (Å²) in [6.45, 7) is 1.89. The lowest BCUT2D eigenvalue weighted by Gasteiger charge is -2.17. The van der Waals surface area contributed by atoms with Crippen LogP contribution in [0.1, 0.15) is 22.0 Å². The van der Waals surface area contributed by atoms with Crippen molar-refractivity contribution < 1.29 is 14.6 Å². The number of aromatic hydroxyl groups is 1. The van der Waals surface area contributed by atoms with E-state index < -0.39 is 0 Å². The standard InChI is InChI=1S/C26H26ClN3O3/c1-29(2)9-10-33-18-7-8-21-16(11-18)12-22(28-21)26(32)30-15-17(14-27)25-20-6-4-3-5-19(20)24(31)13-23(25)30/h3-8,11-13,17,28,31H,9-10,14-15H2,1-2H3/t17-/m1/s1. The number of ether oxygens (including phenoxy) is 1. The van der Waals surface area contributed by atoms with Gasteiger partial charge in [0.1, 0.15) is 23.8 Å². The van der Waals surface area contributed by atoms with Gasteiger partial charge >= 0.3 is 0 Å². The molecule has 6 nitrogen and oxygen atoms in total. The molecule has 0 fully saturated rings. The Morgan fingerprint density at radius 3 is 2.73 bits per heavy atom. The molecule has 0 radical (unpaired) electrons. The van der Waals surface area contributed by atoms with E-state index in [1.165, 1.54) is 0 Å². The third-order valence-electron chi connectivity index (χ3n) is 6.21. The summed E-state index contributed by atoms with van der Waals surface area (Å²) in [4.78, 5) is 20.6. The van der Waals surface area contributed by atoms with Gasteiger partial charge in [0, 0.05) is 47.2 Å². The first-order chi connectivity index (χ1) is 16.0. The molecule has 0 saturated heterocycles. The van der Waals surface area contributed by atoms with Crippen molar-refractivity contribution in [2.24, 2.45) is 0 Å². The first-order valence-corrected chi connectivity index (χ1v) is 11.5. The average Bonchev–Trinajstić information content (AvgIpc) is 3.40. The number of carbonyl (C=O) groups is 1. The first kappa shape index (κ1) is 21.6. The van der Waals surface area contributed by atoms with Crippen LogP contribution in [0.3, 0.4) is 0 Å². The van der Waals surface area contributed by atoms with E-state index in [0.29, 0.717) is 30.4 Å². The van der Waals surface area contributed by atoms with Crippen molar-refractivity contribution in [3.05, 3.63) is 65.9 Å². The number of aromatic amines is 1. The maximum atomic E-state index is 13.6. The molecule has 1 atom stereocenters. The zero-order valence-corrected chi connectivity index (χ0v) is 19.4. The number of halogens is 1. The molecule has 1 aliphatic heterocycles. The van der Waals surface area contributed by atoms with E-state index in [-0.39, 0.29) is 17.6 Å². The molecule has 5 rings (SSSR count). The first-order valence-electron chi connectivity index (χ1n) is 11.0. The number of likely N-dealkylation sites (N-methyl/N-ethyl adjacent to an activating group) is 1. The fourth-order valence-electron chi connectivity index (χ4n) is 4.55. The van der Waals surface area contributed by atoms with E-state index in [1.807, 2.05) is 62.6 Å². The zero-order chi connectivity index (χ0) is 23.1. The number of aromatic nitrogens is 1. The molecule has 0 saturated carbocycles. The van der Waals surface area contributed by atoms with Gasteiger partial charge in [0.25, 0.3) is 5.91 Å². The van der Waals surface area contributed by atoms with Gasteiger partial charge in [0.15, 0.2) is 0 Å². The van der Waals surface area contributed by atoms with Crippen LogP contribution >= 0.6 is 11.6 Å². The van der Waals surface area contributed by atoms with Gasteiger partial charge < -0.3 is 24.6 Å². The second-order valence-electron chi connectivity index (χ2n) is 8.72. The van der Waals surface area contributed by atoms with Crippen LogP contribution in [0.4, 0.5) is 5.69 Å². The Bertz CT molecular complexity index is 1350. The van der Waals surface area contributed by atoms with Crippen LogP contribution in [0.15, 0.2) is 54.6 Å². The van der Waals surface area contributed by atoms with Crippen molar-refractivity contribution in [3.63, 3.8) is 0 Å². The largest absolute Gasteiger partial charge is 0.507 e. The Morgan fingerprint density at radius 1 is 1.18 bits per heavy atom. The van der Waals surface area contributed by atoms with Gasteiger partial charge in [0.2, 0.25) is 0 Å². The highest BCUT2D eigenvalue weighted by atomic mass is 35.5. The van der Waals surface area contributed by atoms with Crippen LogP contribution in [0.2, 0.25) is 0 Å². The van der Waals surface area contributed by atoms with Crippen molar-refractivity contribution in [3.8, 4) is 11.5 Å². The van der Waals surface area contributed by atoms with Crippen LogP contribution in [-0.2, 0) is 0 Å². The van der Waals surface area contributed by atoms with Gasteiger partial charge in [-0.1, -0.05) is 24.3 Å². The van der Waals surface area contributed by atoms with Crippen LogP contribution in [-0.4, -0.2) is 60.6 Å². The topological polar surface area (TPSA) is 68.8 Å². The highest BCUT2D eigenvalue weighted by Gasteiger charge is 2.35. The number of alkyl halides is 1. The molecule has 170 valence electrons. The quantitative estimate of drug-likeness (QED) is 0.397. The molecule has 0 unspecified atom stereocenters. The molecule has 1 aliphatic rings. The second kappa shape index (κ2) is 8.61. The highest BCUT2D eigenvalue weighted by Crippen LogP contribution is 2.45. The number of hydrogen-bond acceptors (Lipinski definition) is 4. The number of carbonyl (C=O) groups excluding carboxylic acids is 1. The molecule has 2 heterocycles. The van der Waals surface area contributed by atoms with E-state index in [2.05, 4.69) is 9.88 Å². The fourth-order valence-corrected chi connectivity index (χ4v) is 4.80. The lowest BCUT2D eigenvalue weighted by Crippen LogP contribution is -2.30. The van der Waals surface area contributed by atoms with Crippen LogP contribution in [0, 0.1) is 0 Å². The summed E-state index contributed by atoms with van der Waals surface area (Å²) in [6.07, 6.45) is 0. The maximum absolute atomic E-state index is 13.6. The van der Waals surface area contributed by atoms with Gasteiger partial charge in [0.05, 0.1) is 5.69 Å². The number of phenolic OH excluding ortho intramolecular Hbond substituents is 1. The lowest BCUT2D eigenvalue weighted by atomic mass is 9.95. The summed E-state index contributed by atoms with van der Waals surface area (Å²) in [7, 11) is 4.01. The number of nitrogens with zero attached hydrogens (tertiary/aromatic N) is 2. The molecule has 33 heavy (non-hydrogen) atoms. The molecular weight excluding hydrogens is 438 g/mol. The summed E-state index contributed by atoms with van der Waals surface area (Å²) >= 11 is 6.31. The Hall–Kier alpha value is -3.22. The number of fused-ring (bicyclic) bond motifs is 4. The van der Waals surface area contributed by atoms with Crippen molar-refractivity contribution in [1.29, 1.82) is 0 Å². The number of anilines is 1. The number of H-pyrrole nitrogens is 1. The van der Waals surface area contributed by atoms with E-state index in [4.69, 9.17) is 16.3 Å². The molecule has 7 heteroatoms. The van der Waals surface area contributed by atoms with Gasteiger partial charge in [-0.3, -0.25) is 4.79 Å². The van der Waals surface area contributed by atoms with Crippen LogP contribution in [0.5, 0.6) is 11.5 Å². The SMILES string of the molecule is CN(C)CCOc1ccc2[nH]c(C(=O)N3C[C@@H](CCl)c4c3cc(O)c3ccccc43)cc2c1. The molecule has 1 aromatic heterocycles. The fraction of sp³-hybridized carbons (Fsp3) is 0.269. The monoisotopic (exact) mass is 463 g/mol. The number of rotatable bonds is 6. The predicted molar refractivity (Wildman–Crippen MR) is 133 cm³/mol. The van der Waals surface area contributed by atoms with E-state index in [1.54, 1.807) is 11.0 Å². The maximum Gasteiger partial charge on any atom is 0.274 e. The minimum Gasteiger partial charge on any atom is -0.507 e. The molecule has 0 spiro atoms. The molecule has 1 amide bonds. The summed E-state index contributed by atoms with van der Waals surface area (Å²) < 4.78 is 5.83. The minimum absolute atomic E-state index is 0.00260. The molecule has 0 aliphatic carbocycles. The third-order valence-corrected chi connectivity index (χ3v) is 6.58. The van der Waals surface area contributed by atoms with Crippen molar-refractivity contribution in [2.75, 3.05) is 44.6 Å². The van der Waals surface area contributed by atoms with E-state index in [9.17, 15) is 9.90 Å². The smallest absolute Gasteiger partial charge is 0.274 e. The molecule has 3 aromatic carbocycles. The lowest BCUT2D eigenvalue weighted by molar-refractivity contribution is 0.0984. The molecule has 0 bridgehead atoms. The summed E-state index contributed by atoms with van der Waals surface area (Å²) in [6, 6.07) is 17.0. The average molecular weight is 464 g/mol. The Balaban J connectivity index is 1.48. The predicted octanol–water partition coefficient (Wildman–Crippen LogP) is 4.95. The number of nitrogens with one attached hydrogen (secondary N) is 1. The van der Waals surface area contributed by atoms with E-state index in [0.717, 1.165) is 39.5 Å². The summed E-state index contributed by atoms with van der Waals surface area (Å²) in [5.41, 5.74) is 3.09. The zero-order valence-electron chi connectivity index (χ0n) is 18.6. The molecule has 4 aromatic rings. The molecular formula is C26H26ClN3O3. The third kappa shape index (κ3) is 3.90. The normalized spacial score (nSPS) is 15.5. The van der Waals surface area contributed by atoms with Gasteiger partial charge in [-0.15, -0.1) is 11.6 Å². The van der Waals surface area contributed by atoms with Crippen LogP contribution < -0.4 is 9.64 Å². The Labute approximate surface area is 197 Å². The van der Waals surface area contributed by atoms with E-state index >= 15 is 0 Å². The van der Waals surface area contributed by atoms with Crippen molar-refractivity contribution >= 4 is 44.9 Å². The van der Waals surface area contributed by atoms with Crippen molar-refractivity contribution in [2.45, 2.75) is 5.92 Å². The minimum atomic E-state index is -0.148. The van der Waals surface area contributed by atoms with Gasteiger partial charge in [-0.25, -0.2) is 0 Å². The Kier molecular flexibility index (Phi) is 5.64. The van der Waals surface area contributed by atoms with Crippen LogP contribution in [0.25, 0.3) is 21.7 Å². The summed E-state index contributed by atoms with van der Waals surface area (Å²) in [5.74, 6) is 1.18. The number of amides is 1. The highest BCUT2D eigenvalue weighted by molar-refractivity contribution is 6.19. The number of phenols is 1. The Morgan fingerprint density at radius 2 is 1.97 bits per heavy atom. The number of hydrogen-bond donors (Lipinski definition) is 2. The molecule has 2 N–H and O–H groups in total. The number of benzene rings is 3. The van der Waals surface area contributed by atoms with Gasteiger partial charge in [-0.05, 0) is 49.3 Å². The summed E-state index contributed by atoms with van der Waals surface area (Å²) in [5, 5.41) is 13.2.